The number of hydrogen-bond donors (Lipinski definition) is 3. The topological polar surface area (TPSA) is 84.9 Å². The minimum absolute atomic E-state index is 0.00644. The predicted octanol–water partition coefficient (Wildman–Crippen LogP) is -0.0712. The van der Waals surface area contributed by atoms with Crippen LogP contribution in [0.4, 0.5) is 4.79 Å². The Hall–Kier alpha value is -1.34. The van der Waals surface area contributed by atoms with Crippen molar-refractivity contribution < 1.29 is 14.7 Å². The van der Waals surface area contributed by atoms with Gasteiger partial charge < -0.3 is 20.6 Å². The zero-order valence-electron chi connectivity index (χ0n) is 12.9. The van der Waals surface area contributed by atoms with E-state index in [0.29, 0.717) is 12.6 Å². The van der Waals surface area contributed by atoms with E-state index in [1.54, 1.807) is 0 Å². The third-order valence-electron chi connectivity index (χ3n) is 4.66. The van der Waals surface area contributed by atoms with Crippen molar-refractivity contribution in [3.05, 3.63) is 0 Å². The first-order valence-corrected chi connectivity index (χ1v) is 7.57. The molecule has 2 amide bonds. The van der Waals surface area contributed by atoms with Gasteiger partial charge in [-0.2, -0.15) is 0 Å². The van der Waals surface area contributed by atoms with E-state index in [-0.39, 0.29) is 12.5 Å². The number of likely N-dealkylation sites (N-methyl/N-ethyl adjacent to an activating group) is 2. The number of urea groups is 1. The van der Waals surface area contributed by atoms with Gasteiger partial charge in [-0.25, -0.2) is 4.79 Å². The largest absolute Gasteiger partial charge is 0.481 e. The van der Waals surface area contributed by atoms with E-state index in [9.17, 15) is 9.59 Å². The molecule has 120 valence electrons. The molecule has 1 aliphatic heterocycles. The summed E-state index contributed by atoms with van der Waals surface area (Å²) in [5.41, 5.74) is -0.537. The number of carboxylic acids is 1. The Morgan fingerprint density at radius 2 is 2.00 bits per heavy atom. The molecular weight excluding hydrogens is 272 g/mol. The van der Waals surface area contributed by atoms with Gasteiger partial charge in [0.15, 0.2) is 0 Å². The van der Waals surface area contributed by atoms with Crippen LogP contribution in [0.2, 0.25) is 0 Å². The third-order valence-corrected chi connectivity index (χ3v) is 4.66. The van der Waals surface area contributed by atoms with Crippen LogP contribution in [-0.2, 0) is 4.79 Å². The fourth-order valence-electron chi connectivity index (χ4n) is 3.06. The smallest absolute Gasteiger partial charge is 0.315 e. The number of piperazine rings is 1. The van der Waals surface area contributed by atoms with Crippen molar-refractivity contribution in [3.63, 3.8) is 0 Å². The van der Waals surface area contributed by atoms with E-state index >= 15 is 0 Å². The normalized spacial score (nSPS) is 25.9. The summed E-state index contributed by atoms with van der Waals surface area (Å²) in [6.45, 7) is 3.54. The number of carbonyl (C=O) groups excluding carboxylic acids is 1. The second-order valence-corrected chi connectivity index (χ2v) is 6.44. The molecule has 0 aromatic carbocycles. The highest BCUT2D eigenvalue weighted by Crippen LogP contribution is 2.34. The molecule has 2 fully saturated rings. The highest BCUT2D eigenvalue weighted by molar-refractivity contribution is 5.77. The lowest BCUT2D eigenvalue weighted by atomic mass is 9.74. The van der Waals surface area contributed by atoms with Crippen LogP contribution in [0.5, 0.6) is 0 Å². The van der Waals surface area contributed by atoms with E-state index in [4.69, 9.17) is 5.11 Å². The standard InChI is InChI=1S/C14H26N4O3/c1-17-6-7-18(2)11(10-17)9-15-13(21)16-14(4-3-5-14)8-12(19)20/h11H,3-10H2,1-2H3,(H,19,20)(H2,15,16,21). The first-order chi connectivity index (χ1) is 9.90. The molecule has 0 spiro atoms. The fraction of sp³-hybridized carbons (Fsp3) is 0.857. The van der Waals surface area contributed by atoms with Crippen LogP contribution in [0.3, 0.4) is 0 Å². The highest BCUT2D eigenvalue weighted by Gasteiger charge is 2.40. The summed E-state index contributed by atoms with van der Waals surface area (Å²) >= 11 is 0. The maximum Gasteiger partial charge on any atom is 0.315 e. The number of amides is 2. The number of hydrogen-bond acceptors (Lipinski definition) is 4. The molecule has 1 atom stereocenters. The number of carboxylic acid groups (broad SMARTS) is 1. The van der Waals surface area contributed by atoms with Gasteiger partial charge in [-0.3, -0.25) is 9.69 Å². The van der Waals surface area contributed by atoms with Crippen LogP contribution < -0.4 is 10.6 Å². The van der Waals surface area contributed by atoms with Crippen LogP contribution in [-0.4, -0.2) is 78.8 Å². The third kappa shape index (κ3) is 4.31. The van der Waals surface area contributed by atoms with Gasteiger partial charge in [-0.1, -0.05) is 0 Å². The summed E-state index contributed by atoms with van der Waals surface area (Å²) < 4.78 is 0. The SMILES string of the molecule is CN1CCN(C)C(CNC(=O)NC2(CC(=O)O)CCC2)C1. The van der Waals surface area contributed by atoms with Gasteiger partial charge in [0.05, 0.1) is 12.0 Å². The summed E-state index contributed by atoms with van der Waals surface area (Å²) in [5.74, 6) is -0.858. The molecule has 21 heavy (non-hydrogen) atoms. The summed E-state index contributed by atoms with van der Waals surface area (Å²) in [4.78, 5) is 27.4. The number of nitrogens with zero attached hydrogens (tertiary/aromatic N) is 2. The summed E-state index contributed by atoms with van der Waals surface area (Å²) in [6, 6.07) is 0.0453. The minimum Gasteiger partial charge on any atom is -0.481 e. The number of aliphatic carboxylic acids is 1. The molecule has 1 unspecified atom stereocenters. The lowest BCUT2D eigenvalue weighted by Gasteiger charge is -2.42. The quantitative estimate of drug-likeness (QED) is 0.661. The molecule has 2 aliphatic rings. The molecule has 2 rings (SSSR count). The Kier molecular flexibility index (Phi) is 5.05. The van der Waals surface area contributed by atoms with Crippen LogP contribution in [0.25, 0.3) is 0 Å². The lowest BCUT2D eigenvalue weighted by Crippen LogP contribution is -2.59. The first kappa shape index (κ1) is 16.0. The summed E-state index contributed by atoms with van der Waals surface area (Å²) in [7, 11) is 4.14. The van der Waals surface area contributed by atoms with Gasteiger partial charge in [0, 0.05) is 32.2 Å². The van der Waals surface area contributed by atoms with Crippen molar-refractivity contribution in [2.24, 2.45) is 0 Å². The Labute approximate surface area is 125 Å². The fourth-order valence-corrected chi connectivity index (χ4v) is 3.06. The number of nitrogens with one attached hydrogen (secondary N) is 2. The summed E-state index contributed by atoms with van der Waals surface area (Å²) in [5, 5.41) is 14.7. The Bertz CT molecular complexity index is 398. The van der Waals surface area contributed by atoms with Gasteiger partial charge in [-0.05, 0) is 33.4 Å². The maximum atomic E-state index is 12.0. The zero-order chi connectivity index (χ0) is 15.5. The Morgan fingerprint density at radius 3 is 2.57 bits per heavy atom. The van der Waals surface area contributed by atoms with Crippen molar-refractivity contribution >= 4 is 12.0 Å². The van der Waals surface area contributed by atoms with Crippen LogP contribution in [0.15, 0.2) is 0 Å². The maximum absolute atomic E-state index is 12.0. The minimum atomic E-state index is -0.858. The van der Waals surface area contributed by atoms with Gasteiger partial charge in [-0.15, -0.1) is 0 Å². The lowest BCUT2D eigenvalue weighted by molar-refractivity contribution is -0.139. The highest BCUT2D eigenvalue weighted by atomic mass is 16.4. The molecule has 3 N–H and O–H groups in total. The second kappa shape index (κ2) is 6.62. The molecule has 0 aromatic heterocycles. The summed E-state index contributed by atoms with van der Waals surface area (Å²) in [6.07, 6.45) is 2.48. The van der Waals surface area contributed by atoms with Gasteiger partial charge >= 0.3 is 12.0 Å². The Balaban J connectivity index is 1.77. The molecular formula is C14H26N4O3. The molecule has 0 radical (unpaired) electrons. The van der Waals surface area contributed by atoms with Crippen molar-refractivity contribution in [2.75, 3.05) is 40.3 Å². The van der Waals surface area contributed by atoms with Crippen molar-refractivity contribution in [1.82, 2.24) is 20.4 Å². The molecule has 0 aromatic rings. The van der Waals surface area contributed by atoms with Gasteiger partial charge in [0.2, 0.25) is 0 Å². The molecule has 1 heterocycles. The zero-order valence-corrected chi connectivity index (χ0v) is 12.9. The molecule has 0 bridgehead atoms. The van der Waals surface area contributed by atoms with Gasteiger partial charge in [0.25, 0.3) is 0 Å². The number of rotatable bonds is 5. The van der Waals surface area contributed by atoms with Crippen LogP contribution in [0, 0.1) is 0 Å². The van der Waals surface area contributed by atoms with Crippen molar-refractivity contribution in [3.8, 4) is 0 Å². The van der Waals surface area contributed by atoms with Crippen molar-refractivity contribution in [1.29, 1.82) is 0 Å². The average molecular weight is 298 g/mol. The van der Waals surface area contributed by atoms with E-state index in [1.807, 2.05) is 0 Å². The van der Waals surface area contributed by atoms with E-state index < -0.39 is 11.5 Å². The van der Waals surface area contributed by atoms with E-state index in [2.05, 4.69) is 34.5 Å². The first-order valence-electron chi connectivity index (χ1n) is 7.57. The van der Waals surface area contributed by atoms with Crippen LogP contribution in [0.1, 0.15) is 25.7 Å². The van der Waals surface area contributed by atoms with Gasteiger partial charge in [0.1, 0.15) is 0 Å². The monoisotopic (exact) mass is 298 g/mol. The van der Waals surface area contributed by atoms with Crippen LogP contribution >= 0.6 is 0 Å². The predicted molar refractivity (Wildman–Crippen MR) is 79.3 cm³/mol. The second-order valence-electron chi connectivity index (χ2n) is 6.44. The van der Waals surface area contributed by atoms with E-state index in [0.717, 1.165) is 38.9 Å². The number of carbonyl (C=O) groups is 2. The molecule has 1 saturated heterocycles. The average Bonchev–Trinajstić information content (AvgIpc) is 2.36. The molecule has 7 heteroatoms. The van der Waals surface area contributed by atoms with E-state index in [1.165, 1.54) is 0 Å². The Morgan fingerprint density at radius 1 is 1.29 bits per heavy atom. The van der Waals surface area contributed by atoms with Crippen molar-refractivity contribution in [2.45, 2.75) is 37.3 Å². The molecule has 1 aliphatic carbocycles. The molecule has 1 saturated carbocycles. The molecule has 7 nitrogen and oxygen atoms in total.